The molecule has 0 bridgehead atoms. The van der Waals surface area contributed by atoms with E-state index in [4.69, 9.17) is 23.7 Å². The summed E-state index contributed by atoms with van der Waals surface area (Å²) in [6, 6.07) is 0. The zero-order valence-electron chi connectivity index (χ0n) is 10.9. The molecule has 104 valence electrons. The average Bonchev–Trinajstić information content (AvgIpc) is 3.14. The number of rotatable bonds is 5. The minimum absolute atomic E-state index is 0.0643. The van der Waals surface area contributed by atoms with Crippen LogP contribution in [0.5, 0.6) is 0 Å². The number of methoxy groups -OCH3 is 1. The van der Waals surface area contributed by atoms with E-state index in [0.29, 0.717) is 12.7 Å². The van der Waals surface area contributed by atoms with Crippen LogP contribution in [0, 0.1) is 5.92 Å². The van der Waals surface area contributed by atoms with E-state index in [1.165, 1.54) is 6.42 Å². The van der Waals surface area contributed by atoms with Gasteiger partial charge in [-0.1, -0.05) is 0 Å². The van der Waals surface area contributed by atoms with E-state index in [1.54, 1.807) is 7.11 Å². The smallest absolute Gasteiger partial charge is 0.162 e. The number of hydrogen-bond acceptors (Lipinski definition) is 5. The summed E-state index contributed by atoms with van der Waals surface area (Å²) >= 11 is 0. The highest BCUT2D eigenvalue weighted by atomic mass is 16.7. The second-order valence-corrected chi connectivity index (χ2v) is 5.26. The van der Waals surface area contributed by atoms with Crippen LogP contribution in [-0.2, 0) is 23.7 Å². The first-order valence-electron chi connectivity index (χ1n) is 6.90. The molecule has 0 amide bonds. The molecular formula is C13H22O5. The third-order valence-corrected chi connectivity index (χ3v) is 3.89. The van der Waals surface area contributed by atoms with Crippen LogP contribution < -0.4 is 0 Å². The van der Waals surface area contributed by atoms with E-state index in [1.807, 2.05) is 0 Å². The fraction of sp³-hybridized carbons (Fsp3) is 1.00. The summed E-state index contributed by atoms with van der Waals surface area (Å²) in [7, 11) is 1.69. The second kappa shape index (κ2) is 5.84. The molecule has 0 aromatic heterocycles. The van der Waals surface area contributed by atoms with Gasteiger partial charge in [-0.05, 0) is 25.7 Å². The van der Waals surface area contributed by atoms with Crippen molar-refractivity contribution in [3.8, 4) is 0 Å². The van der Waals surface area contributed by atoms with Crippen LogP contribution in [0.4, 0.5) is 0 Å². The van der Waals surface area contributed by atoms with Gasteiger partial charge in [0.05, 0.1) is 25.4 Å². The Morgan fingerprint density at radius 1 is 1.11 bits per heavy atom. The Kier molecular flexibility index (Phi) is 4.16. The molecule has 3 aliphatic rings. The second-order valence-electron chi connectivity index (χ2n) is 5.26. The molecule has 5 nitrogen and oxygen atoms in total. The fourth-order valence-electron chi connectivity index (χ4n) is 2.78. The minimum Gasteiger partial charge on any atom is -0.373 e. The maximum Gasteiger partial charge on any atom is 0.162 e. The highest BCUT2D eigenvalue weighted by Gasteiger charge is 2.43. The van der Waals surface area contributed by atoms with Crippen molar-refractivity contribution in [2.75, 3.05) is 26.9 Å². The Morgan fingerprint density at radius 2 is 2.00 bits per heavy atom. The molecule has 0 N–H and O–H groups in total. The van der Waals surface area contributed by atoms with Crippen molar-refractivity contribution in [1.29, 1.82) is 0 Å². The van der Waals surface area contributed by atoms with Crippen molar-refractivity contribution < 1.29 is 23.7 Å². The van der Waals surface area contributed by atoms with E-state index >= 15 is 0 Å². The molecule has 5 atom stereocenters. The highest BCUT2D eigenvalue weighted by Crippen LogP contribution is 2.33. The van der Waals surface area contributed by atoms with Crippen LogP contribution in [0.15, 0.2) is 0 Å². The lowest BCUT2D eigenvalue weighted by Crippen LogP contribution is -2.34. The van der Waals surface area contributed by atoms with Gasteiger partial charge in [-0.2, -0.15) is 0 Å². The molecule has 0 radical (unpaired) electrons. The molecule has 3 unspecified atom stereocenters. The van der Waals surface area contributed by atoms with Crippen molar-refractivity contribution in [1.82, 2.24) is 0 Å². The van der Waals surface area contributed by atoms with Crippen molar-refractivity contribution in [2.24, 2.45) is 5.92 Å². The lowest BCUT2D eigenvalue weighted by molar-refractivity contribution is -0.195. The molecule has 3 aliphatic heterocycles. The average molecular weight is 258 g/mol. The number of hydrogen-bond donors (Lipinski definition) is 0. The fourth-order valence-corrected chi connectivity index (χ4v) is 2.78. The SMILES string of the molecule is COC1OC[C@H](OC2CCCCO2)[C@@H]1CC1CO1. The lowest BCUT2D eigenvalue weighted by Gasteiger charge is -2.28. The van der Waals surface area contributed by atoms with E-state index in [-0.39, 0.29) is 24.6 Å². The van der Waals surface area contributed by atoms with Gasteiger partial charge < -0.3 is 23.7 Å². The molecule has 5 heteroatoms. The van der Waals surface area contributed by atoms with Crippen LogP contribution in [0.25, 0.3) is 0 Å². The van der Waals surface area contributed by atoms with E-state index in [2.05, 4.69) is 0 Å². The van der Waals surface area contributed by atoms with Crippen molar-refractivity contribution >= 4 is 0 Å². The summed E-state index contributed by atoms with van der Waals surface area (Å²) in [5.74, 6) is 0.257. The third-order valence-electron chi connectivity index (χ3n) is 3.89. The van der Waals surface area contributed by atoms with Gasteiger partial charge in [0.1, 0.15) is 0 Å². The van der Waals surface area contributed by atoms with Gasteiger partial charge in [-0.3, -0.25) is 0 Å². The molecule has 0 aromatic rings. The van der Waals surface area contributed by atoms with Gasteiger partial charge in [0, 0.05) is 19.6 Å². The highest BCUT2D eigenvalue weighted by molar-refractivity contribution is 4.86. The summed E-state index contributed by atoms with van der Waals surface area (Å²) in [5, 5.41) is 0. The summed E-state index contributed by atoms with van der Waals surface area (Å²) in [4.78, 5) is 0. The van der Waals surface area contributed by atoms with Gasteiger partial charge in [-0.15, -0.1) is 0 Å². The first kappa shape index (κ1) is 12.8. The molecular weight excluding hydrogens is 236 g/mol. The van der Waals surface area contributed by atoms with Crippen molar-refractivity contribution in [3.63, 3.8) is 0 Å². The van der Waals surface area contributed by atoms with E-state index in [9.17, 15) is 0 Å². The maximum atomic E-state index is 6.04. The Morgan fingerprint density at radius 3 is 2.67 bits per heavy atom. The van der Waals surface area contributed by atoms with E-state index < -0.39 is 0 Å². The van der Waals surface area contributed by atoms with Crippen molar-refractivity contribution in [2.45, 2.75) is 50.5 Å². The van der Waals surface area contributed by atoms with Crippen LogP contribution in [0.2, 0.25) is 0 Å². The number of epoxide rings is 1. The summed E-state index contributed by atoms with van der Waals surface area (Å²) in [5.41, 5.74) is 0. The molecule has 0 aromatic carbocycles. The molecule has 18 heavy (non-hydrogen) atoms. The Bertz CT molecular complexity index is 262. The molecule has 3 fully saturated rings. The molecule has 0 saturated carbocycles. The van der Waals surface area contributed by atoms with Gasteiger partial charge in [0.15, 0.2) is 12.6 Å². The van der Waals surface area contributed by atoms with Gasteiger partial charge in [-0.25, -0.2) is 0 Å². The molecule has 3 saturated heterocycles. The third kappa shape index (κ3) is 3.03. The first-order valence-corrected chi connectivity index (χ1v) is 6.90. The molecule has 0 spiro atoms. The first-order chi connectivity index (χ1) is 8.86. The Balaban J connectivity index is 1.54. The van der Waals surface area contributed by atoms with Gasteiger partial charge >= 0.3 is 0 Å². The largest absolute Gasteiger partial charge is 0.373 e. The van der Waals surface area contributed by atoms with Crippen LogP contribution in [0.3, 0.4) is 0 Å². The molecule has 3 rings (SSSR count). The van der Waals surface area contributed by atoms with Crippen molar-refractivity contribution in [3.05, 3.63) is 0 Å². The quantitative estimate of drug-likeness (QED) is 0.696. The van der Waals surface area contributed by atoms with Crippen LogP contribution >= 0.6 is 0 Å². The predicted molar refractivity (Wildman–Crippen MR) is 63.1 cm³/mol. The summed E-state index contributed by atoms with van der Waals surface area (Å²) < 4.78 is 28.0. The molecule has 0 aliphatic carbocycles. The van der Waals surface area contributed by atoms with Gasteiger partial charge in [0.2, 0.25) is 0 Å². The normalized spacial score (nSPS) is 44.2. The summed E-state index contributed by atoms with van der Waals surface area (Å²) in [6.07, 6.45) is 4.48. The lowest BCUT2D eigenvalue weighted by atomic mass is 9.98. The monoisotopic (exact) mass is 258 g/mol. The van der Waals surface area contributed by atoms with Crippen LogP contribution in [-0.4, -0.2) is 51.7 Å². The molecule has 3 heterocycles. The Hall–Kier alpha value is -0.200. The van der Waals surface area contributed by atoms with Crippen LogP contribution in [0.1, 0.15) is 25.7 Å². The topological polar surface area (TPSA) is 49.5 Å². The zero-order chi connectivity index (χ0) is 12.4. The van der Waals surface area contributed by atoms with Gasteiger partial charge in [0.25, 0.3) is 0 Å². The standard InChI is InChI=1S/C13H22O5/c1-14-13-10(6-9-7-16-9)11(8-17-13)18-12-4-2-3-5-15-12/h9-13H,2-8H2,1H3/t9?,10-,11-,12?,13?/m0/s1. The summed E-state index contributed by atoms with van der Waals surface area (Å²) in [6.45, 7) is 2.26. The minimum atomic E-state index is -0.164. The number of ether oxygens (including phenoxy) is 5. The maximum absolute atomic E-state index is 6.04. The Labute approximate surface area is 108 Å². The predicted octanol–water partition coefficient (Wildman–Crippen LogP) is 1.31. The zero-order valence-corrected chi connectivity index (χ0v) is 10.9. The van der Waals surface area contributed by atoms with E-state index in [0.717, 1.165) is 32.5 Å².